The Labute approximate surface area is 174 Å². The zero-order valence-electron chi connectivity index (χ0n) is 17.3. The van der Waals surface area contributed by atoms with Crippen molar-refractivity contribution in [3.63, 3.8) is 0 Å². The van der Waals surface area contributed by atoms with Gasteiger partial charge in [-0.15, -0.1) is 0 Å². The number of benzene rings is 2. The lowest BCUT2D eigenvalue weighted by Crippen LogP contribution is -2.29. The predicted octanol–water partition coefficient (Wildman–Crippen LogP) is 4.97. The van der Waals surface area contributed by atoms with Crippen molar-refractivity contribution in [2.24, 2.45) is 11.8 Å². The Hall–Kier alpha value is -2.49. The van der Waals surface area contributed by atoms with Crippen LogP contribution < -0.4 is 0 Å². The molecule has 0 N–H and O–H groups in total. The second kappa shape index (κ2) is 7.74. The van der Waals surface area contributed by atoms with Crippen molar-refractivity contribution in [3.05, 3.63) is 78.6 Å². The van der Waals surface area contributed by atoms with Gasteiger partial charge >= 0.3 is 0 Å². The summed E-state index contributed by atoms with van der Waals surface area (Å²) in [6.45, 7) is 7.39. The first kappa shape index (κ1) is 18.5. The van der Waals surface area contributed by atoms with Gasteiger partial charge < -0.3 is 4.90 Å². The van der Waals surface area contributed by atoms with Crippen molar-refractivity contribution in [1.82, 2.24) is 14.8 Å². The van der Waals surface area contributed by atoms with E-state index in [4.69, 9.17) is 0 Å². The van der Waals surface area contributed by atoms with Crippen LogP contribution in [-0.2, 0) is 0 Å². The molecule has 1 aromatic heterocycles. The quantitative estimate of drug-likeness (QED) is 0.634. The molecule has 5 rings (SSSR count). The summed E-state index contributed by atoms with van der Waals surface area (Å²) in [5.41, 5.74) is 6.40. The highest BCUT2D eigenvalue weighted by atomic mass is 15.2. The molecule has 3 heteroatoms. The Balaban J connectivity index is 1.28. The molecular formula is C26H29N3. The van der Waals surface area contributed by atoms with E-state index >= 15 is 0 Å². The summed E-state index contributed by atoms with van der Waals surface area (Å²) in [5, 5.41) is 0. The first-order chi connectivity index (χ1) is 14.2. The van der Waals surface area contributed by atoms with E-state index in [9.17, 15) is 0 Å². The monoisotopic (exact) mass is 383 g/mol. The first-order valence-corrected chi connectivity index (χ1v) is 10.7. The van der Waals surface area contributed by atoms with E-state index in [2.05, 4.69) is 89.4 Å². The molecule has 0 bridgehead atoms. The highest BCUT2D eigenvalue weighted by molar-refractivity contribution is 5.70. The second-order valence-corrected chi connectivity index (χ2v) is 8.81. The number of rotatable bonds is 4. The van der Waals surface area contributed by atoms with Gasteiger partial charge in [0.25, 0.3) is 0 Å². The molecule has 3 aromatic rings. The fourth-order valence-corrected chi connectivity index (χ4v) is 5.14. The lowest BCUT2D eigenvalue weighted by Gasteiger charge is -2.26. The van der Waals surface area contributed by atoms with Gasteiger partial charge in [0.2, 0.25) is 0 Å². The number of likely N-dealkylation sites (tertiary alicyclic amines) is 2. The average Bonchev–Trinajstić information content (AvgIpc) is 3.32. The highest BCUT2D eigenvalue weighted by Gasteiger charge is 2.40. The van der Waals surface area contributed by atoms with E-state index in [-0.39, 0.29) is 0 Å². The van der Waals surface area contributed by atoms with E-state index in [1.807, 2.05) is 12.4 Å². The Morgan fingerprint density at radius 2 is 1.14 bits per heavy atom. The van der Waals surface area contributed by atoms with Crippen LogP contribution in [0.5, 0.6) is 0 Å². The molecule has 3 nitrogen and oxygen atoms in total. The van der Waals surface area contributed by atoms with E-state index < -0.39 is 0 Å². The molecule has 2 aliphatic rings. The molecule has 29 heavy (non-hydrogen) atoms. The molecule has 0 radical (unpaired) electrons. The van der Waals surface area contributed by atoms with Gasteiger partial charge in [-0.25, -0.2) is 0 Å². The van der Waals surface area contributed by atoms with Crippen molar-refractivity contribution in [3.8, 4) is 22.3 Å². The minimum Gasteiger partial charge on any atom is -0.306 e. The Morgan fingerprint density at radius 1 is 0.690 bits per heavy atom. The maximum absolute atomic E-state index is 4.10. The van der Waals surface area contributed by atoms with Crippen LogP contribution in [0.25, 0.3) is 22.3 Å². The number of hydrogen-bond donors (Lipinski definition) is 0. The van der Waals surface area contributed by atoms with Gasteiger partial charge in [-0.2, -0.15) is 0 Å². The lowest BCUT2D eigenvalue weighted by atomic mass is 9.98. The Kier molecular flexibility index (Phi) is 4.94. The van der Waals surface area contributed by atoms with Crippen molar-refractivity contribution in [2.75, 3.05) is 33.2 Å². The van der Waals surface area contributed by atoms with Crippen LogP contribution in [0.2, 0.25) is 0 Å². The van der Waals surface area contributed by atoms with Crippen molar-refractivity contribution >= 4 is 0 Å². The largest absolute Gasteiger partial charge is 0.306 e. The molecule has 2 fully saturated rings. The van der Waals surface area contributed by atoms with Gasteiger partial charge in [0, 0.05) is 44.6 Å². The fraction of sp³-hybridized carbons (Fsp3) is 0.346. The van der Waals surface area contributed by atoms with Gasteiger partial charge in [-0.1, -0.05) is 48.5 Å². The standard InChI is InChI=1S/C26H29N3/c1-19(29-17-25-15-28(2)16-26(25)18-29)20-3-5-21(6-4-20)22-7-9-23(10-8-22)24-11-13-27-14-12-24/h3-14,19,25-26H,15-18H2,1-2H3. The summed E-state index contributed by atoms with van der Waals surface area (Å²) in [6, 6.07) is 22.6. The summed E-state index contributed by atoms with van der Waals surface area (Å²) in [4.78, 5) is 9.27. The summed E-state index contributed by atoms with van der Waals surface area (Å²) in [7, 11) is 2.26. The molecule has 3 atom stereocenters. The number of pyridine rings is 1. The van der Waals surface area contributed by atoms with E-state index in [0.29, 0.717) is 6.04 Å². The Morgan fingerprint density at radius 3 is 1.66 bits per heavy atom. The lowest BCUT2D eigenvalue weighted by molar-refractivity contribution is 0.225. The van der Waals surface area contributed by atoms with E-state index in [1.165, 1.54) is 54.0 Å². The van der Waals surface area contributed by atoms with Crippen LogP contribution in [0.3, 0.4) is 0 Å². The first-order valence-electron chi connectivity index (χ1n) is 10.7. The van der Waals surface area contributed by atoms with Crippen molar-refractivity contribution in [1.29, 1.82) is 0 Å². The number of fused-ring (bicyclic) bond motifs is 1. The van der Waals surface area contributed by atoms with E-state index in [1.54, 1.807) is 0 Å². The molecule has 0 aliphatic carbocycles. The van der Waals surface area contributed by atoms with Gasteiger partial charge in [0.05, 0.1) is 0 Å². The fourth-order valence-electron chi connectivity index (χ4n) is 5.14. The minimum absolute atomic E-state index is 0.494. The van der Waals surface area contributed by atoms with Crippen LogP contribution in [0, 0.1) is 11.8 Å². The van der Waals surface area contributed by atoms with Gasteiger partial charge in [0.1, 0.15) is 0 Å². The van der Waals surface area contributed by atoms with Crippen LogP contribution in [0.15, 0.2) is 73.1 Å². The predicted molar refractivity (Wildman–Crippen MR) is 120 cm³/mol. The number of hydrogen-bond acceptors (Lipinski definition) is 3. The molecule has 2 aromatic carbocycles. The zero-order chi connectivity index (χ0) is 19.8. The molecule has 3 unspecified atom stereocenters. The van der Waals surface area contributed by atoms with Gasteiger partial charge in [0.15, 0.2) is 0 Å². The molecular weight excluding hydrogens is 354 g/mol. The summed E-state index contributed by atoms with van der Waals surface area (Å²) in [6.07, 6.45) is 3.68. The third-order valence-electron chi connectivity index (χ3n) is 6.87. The molecule has 0 saturated carbocycles. The molecule has 148 valence electrons. The normalized spacial score (nSPS) is 23.2. The number of aromatic nitrogens is 1. The molecule has 3 heterocycles. The van der Waals surface area contributed by atoms with Crippen LogP contribution in [-0.4, -0.2) is 48.0 Å². The molecule has 0 amide bonds. The van der Waals surface area contributed by atoms with E-state index in [0.717, 1.165) is 11.8 Å². The summed E-state index contributed by atoms with van der Waals surface area (Å²) in [5.74, 6) is 1.72. The second-order valence-electron chi connectivity index (χ2n) is 8.81. The zero-order valence-corrected chi connectivity index (χ0v) is 17.3. The average molecular weight is 384 g/mol. The Bertz CT molecular complexity index is 936. The summed E-state index contributed by atoms with van der Waals surface area (Å²) >= 11 is 0. The maximum atomic E-state index is 4.10. The van der Waals surface area contributed by atoms with Crippen molar-refractivity contribution < 1.29 is 0 Å². The molecule has 0 spiro atoms. The maximum Gasteiger partial charge on any atom is 0.0320 e. The topological polar surface area (TPSA) is 19.4 Å². The molecule has 2 saturated heterocycles. The SMILES string of the molecule is CC(c1ccc(-c2ccc(-c3ccncc3)cc2)cc1)N1CC2CN(C)CC2C1. The van der Waals surface area contributed by atoms with Crippen LogP contribution in [0.4, 0.5) is 0 Å². The number of nitrogens with zero attached hydrogens (tertiary/aromatic N) is 3. The molecule has 2 aliphatic heterocycles. The third kappa shape index (κ3) is 3.73. The third-order valence-corrected chi connectivity index (χ3v) is 6.87. The van der Waals surface area contributed by atoms with Crippen LogP contribution in [0.1, 0.15) is 18.5 Å². The highest BCUT2D eigenvalue weighted by Crippen LogP contribution is 2.35. The van der Waals surface area contributed by atoms with Gasteiger partial charge in [-0.05, 0) is 65.8 Å². The van der Waals surface area contributed by atoms with Gasteiger partial charge in [-0.3, -0.25) is 9.88 Å². The smallest absolute Gasteiger partial charge is 0.0320 e. The summed E-state index contributed by atoms with van der Waals surface area (Å²) < 4.78 is 0. The minimum atomic E-state index is 0.494. The van der Waals surface area contributed by atoms with Crippen molar-refractivity contribution in [2.45, 2.75) is 13.0 Å². The van der Waals surface area contributed by atoms with Crippen LogP contribution >= 0.6 is 0 Å².